The first kappa shape index (κ1) is 21.2. The average Bonchev–Trinajstić information content (AvgIpc) is 3.09. The molecule has 0 aromatic heterocycles. The van der Waals surface area contributed by atoms with E-state index in [0.717, 1.165) is 6.54 Å². The van der Waals surface area contributed by atoms with Crippen LogP contribution in [0.25, 0.3) is 0 Å². The van der Waals surface area contributed by atoms with Crippen molar-refractivity contribution in [2.75, 3.05) is 44.2 Å². The van der Waals surface area contributed by atoms with Crippen LogP contribution in [0.2, 0.25) is 0 Å². The Morgan fingerprint density at radius 2 is 1.81 bits per heavy atom. The summed E-state index contributed by atoms with van der Waals surface area (Å²) in [6.45, 7) is 7.52. The first-order valence-electron chi connectivity index (χ1n) is 10.8. The molecule has 0 radical (unpaired) electrons. The minimum Gasteiger partial charge on any atom is -0.365 e. The highest BCUT2D eigenvalue weighted by atomic mass is 19.1. The number of anilines is 1. The zero-order valence-electron chi connectivity index (χ0n) is 18.1. The molecule has 2 aromatic carbocycles. The van der Waals surface area contributed by atoms with Gasteiger partial charge in [0.15, 0.2) is 0 Å². The number of carbonyl (C=O) groups excluding carboxylic acids is 2. The highest BCUT2D eigenvalue weighted by molar-refractivity contribution is 5.85. The van der Waals surface area contributed by atoms with E-state index >= 15 is 0 Å². The lowest BCUT2D eigenvalue weighted by Crippen LogP contribution is -2.55. The Morgan fingerprint density at radius 1 is 1.03 bits per heavy atom. The summed E-state index contributed by atoms with van der Waals surface area (Å²) >= 11 is 0. The molecule has 6 nitrogen and oxygen atoms in total. The van der Waals surface area contributed by atoms with E-state index in [9.17, 15) is 14.0 Å². The summed E-state index contributed by atoms with van der Waals surface area (Å²) in [5.41, 5.74) is 2.89. The average molecular weight is 425 g/mol. The normalized spacial score (nSPS) is 19.3. The third-order valence-electron chi connectivity index (χ3n) is 6.14. The lowest BCUT2D eigenvalue weighted by Gasteiger charge is -2.41. The Kier molecular flexibility index (Phi) is 6.11. The first-order valence-corrected chi connectivity index (χ1v) is 10.8. The number of carbonyl (C=O) groups is 2. The van der Waals surface area contributed by atoms with Gasteiger partial charge in [-0.25, -0.2) is 9.18 Å². The molecular formula is C24H29FN4O2. The van der Waals surface area contributed by atoms with Crippen molar-refractivity contribution in [3.63, 3.8) is 0 Å². The van der Waals surface area contributed by atoms with Gasteiger partial charge in [0.25, 0.3) is 0 Å². The number of amides is 3. The van der Waals surface area contributed by atoms with Crippen molar-refractivity contribution in [2.24, 2.45) is 0 Å². The van der Waals surface area contributed by atoms with Gasteiger partial charge in [0, 0.05) is 50.0 Å². The number of urea groups is 1. The van der Waals surface area contributed by atoms with Crippen LogP contribution < -0.4 is 4.90 Å². The minimum absolute atomic E-state index is 0.0307. The van der Waals surface area contributed by atoms with Crippen molar-refractivity contribution < 1.29 is 14.0 Å². The minimum atomic E-state index is -0.315. The second-order valence-electron chi connectivity index (χ2n) is 8.44. The fraction of sp³-hybridized carbons (Fsp3) is 0.417. The summed E-state index contributed by atoms with van der Waals surface area (Å²) in [7, 11) is 0. The standard InChI is InChI=1S/C24H29FN4O2/c1-18-6-5-8-21(14-18)29-13-12-26(15-19(29)2)23(30)17-28-11-10-27(24(28)31)16-20-7-3-4-9-22(20)25/h3-9,14,19H,10-13,15-17H2,1-2H3. The van der Waals surface area contributed by atoms with Crippen molar-refractivity contribution in [2.45, 2.75) is 26.4 Å². The molecule has 0 saturated carbocycles. The molecule has 2 fully saturated rings. The number of benzene rings is 2. The summed E-state index contributed by atoms with van der Waals surface area (Å²) in [5.74, 6) is -0.345. The zero-order valence-corrected chi connectivity index (χ0v) is 18.1. The molecule has 0 N–H and O–H groups in total. The maximum absolute atomic E-state index is 13.9. The number of aryl methyl sites for hydroxylation is 1. The van der Waals surface area contributed by atoms with Crippen molar-refractivity contribution >= 4 is 17.6 Å². The van der Waals surface area contributed by atoms with E-state index in [2.05, 4.69) is 43.0 Å². The van der Waals surface area contributed by atoms with Gasteiger partial charge in [0.1, 0.15) is 12.4 Å². The van der Waals surface area contributed by atoms with Crippen LogP contribution in [0.3, 0.4) is 0 Å². The van der Waals surface area contributed by atoms with Crippen molar-refractivity contribution in [1.82, 2.24) is 14.7 Å². The molecule has 1 atom stereocenters. The van der Waals surface area contributed by atoms with Crippen LogP contribution >= 0.6 is 0 Å². The van der Waals surface area contributed by atoms with Gasteiger partial charge in [0.2, 0.25) is 5.91 Å². The van der Waals surface area contributed by atoms with Crippen LogP contribution in [0.1, 0.15) is 18.1 Å². The molecule has 0 aliphatic carbocycles. The van der Waals surface area contributed by atoms with Gasteiger partial charge in [-0.3, -0.25) is 4.79 Å². The summed E-state index contributed by atoms with van der Waals surface area (Å²) in [6, 6.07) is 14.9. The third kappa shape index (κ3) is 4.65. The van der Waals surface area contributed by atoms with E-state index in [4.69, 9.17) is 0 Å². The van der Waals surface area contributed by atoms with Gasteiger partial charge < -0.3 is 19.6 Å². The SMILES string of the molecule is Cc1cccc(N2CCN(C(=O)CN3CCN(Cc4ccccc4F)C3=O)CC2C)c1. The summed E-state index contributed by atoms with van der Waals surface area (Å²) in [4.78, 5) is 33.0. The molecule has 2 aromatic rings. The van der Waals surface area contributed by atoms with Crippen molar-refractivity contribution in [3.8, 4) is 0 Å². The fourth-order valence-corrected chi connectivity index (χ4v) is 4.40. The van der Waals surface area contributed by atoms with Gasteiger partial charge in [-0.05, 0) is 37.6 Å². The number of hydrogen-bond donors (Lipinski definition) is 0. The molecule has 4 rings (SSSR count). The lowest BCUT2D eigenvalue weighted by molar-refractivity contribution is -0.132. The summed E-state index contributed by atoms with van der Waals surface area (Å²) < 4.78 is 13.9. The number of hydrogen-bond acceptors (Lipinski definition) is 3. The summed E-state index contributed by atoms with van der Waals surface area (Å²) in [5, 5.41) is 0. The van der Waals surface area contributed by atoms with E-state index in [1.807, 2.05) is 4.90 Å². The lowest BCUT2D eigenvalue weighted by atomic mass is 10.1. The molecule has 0 spiro atoms. The highest BCUT2D eigenvalue weighted by Gasteiger charge is 2.33. The number of nitrogens with zero attached hydrogens (tertiary/aromatic N) is 4. The van der Waals surface area contributed by atoms with Gasteiger partial charge >= 0.3 is 6.03 Å². The maximum atomic E-state index is 13.9. The monoisotopic (exact) mass is 424 g/mol. The van der Waals surface area contributed by atoms with Crippen LogP contribution in [-0.4, -0.2) is 71.9 Å². The van der Waals surface area contributed by atoms with Crippen LogP contribution in [-0.2, 0) is 11.3 Å². The molecule has 7 heteroatoms. The fourth-order valence-electron chi connectivity index (χ4n) is 4.40. The predicted octanol–water partition coefficient (Wildman–Crippen LogP) is 3.11. The molecule has 0 bridgehead atoms. The molecular weight excluding hydrogens is 395 g/mol. The highest BCUT2D eigenvalue weighted by Crippen LogP contribution is 2.22. The van der Waals surface area contributed by atoms with Crippen LogP contribution in [0.5, 0.6) is 0 Å². The van der Waals surface area contributed by atoms with Gasteiger partial charge in [-0.1, -0.05) is 30.3 Å². The molecule has 2 saturated heterocycles. The van der Waals surface area contributed by atoms with Crippen molar-refractivity contribution in [3.05, 3.63) is 65.5 Å². The van der Waals surface area contributed by atoms with E-state index in [0.29, 0.717) is 31.7 Å². The van der Waals surface area contributed by atoms with Gasteiger partial charge in [-0.15, -0.1) is 0 Å². The Hall–Kier alpha value is -3.09. The molecule has 164 valence electrons. The Morgan fingerprint density at radius 3 is 2.55 bits per heavy atom. The van der Waals surface area contributed by atoms with Crippen LogP contribution in [0, 0.1) is 12.7 Å². The quantitative estimate of drug-likeness (QED) is 0.741. The second kappa shape index (κ2) is 8.96. The Balaban J connectivity index is 1.32. The Labute approximate surface area is 182 Å². The molecule has 2 aliphatic heterocycles. The molecule has 31 heavy (non-hydrogen) atoms. The van der Waals surface area contributed by atoms with Gasteiger partial charge in [0.05, 0.1) is 6.54 Å². The largest absolute Gasteiger partial charge is 0.365 e. The molecule has 2 aliphatic rings. The molecule has 2 heterocycles. The van der Waals surface area contributed by atoms with E-state index in [1.165, 1.54) is 17.3 Å². The topological polar surface area (TPSA) is 47.1 Å². The molecule has 1 unspecified atom stereocenters. The van der Waals surface area contributed by atoms with E-state index < -0.39 is 0 Å². The number of rotatable bonds is 5. The zero-order chi connectivity index (χ0) is 22.0. The molecule has 3 amide bonds. The van der Waals surface area contributed by atoms with Crippen molar-refractivity contribution in [1.29, 1.82) is 0 Å². The summed E-state index contributed by atoms with van der Waals surface area (Å²) in [6.07, 6.45) is 0. The van der Waals surface area contributed by atoms with Crippen LogP contribution in [0.15, 0.2) is 48.5 Å². The maximum Gasteiger partial charge on any atom is 0.320 e. The van der Waals surface area contributed by atoms with E-state index in [-0.39, 0.29) is 36.9 Å². The third-order valence-corrected chi connectivity index (χ3v) is 6.14. The number of piperazine rings is 1. The van der Waals surface area contributed by atoms with E-state index in [1.54, 1.807) is 28.0 Å². The first-order chi connectivity index (χ1) is 14.9. The second-order valence-corrected chi connectivity index (χ2v) is 8.44. The number of halogens is 1. The van der Waals surface area contributed by atoms with Gasteiger partial charge in [-0.2, -0.15) is 0 Å². The Bertz CT molecular complexity index is 966. The predicted molar refractivity (Wildman–Crippen MR) is 118 cm³/mol. The van der Waals surface area contributed by atoms with Crippen LogP contribution in [0.4, 0.5) is 14.9 Å². The smallest absolute Gasteiger partial charge is 0.320 e.